The summed E-state index contributed by atoms with van der Waals surface area (Å²) in [6.07, 6.45) is 0. The Bertz CT molecular complexity index is 516. The molecule has 0 saturated carbocycles. The SMILES string of the molecule is Cc1ccccc1OCCSc1nnnn1CCN. The number of tetrazole rings is 1. The van der Waals surface area contributed by atoms with E-state index in [9.17, 15) is 0 Å². The highest BCUT2D eigenvalue weighted by atomic mass is 32.2. The molecule has 0 fully saturated rings. The average Bonchev–Trinajstić information content (AvgIpc) is 2.85. The van der Waals surface area contributed by atoms with Gasteiger partial charge in [-0.2, -0.15) is 0 Å². The molecule has 2 aromatic rings. The van der Waals surface area contributed by atoms with Crippen LogP contribution in [0.1, 0.15) is 5.56 Å². The second kappa shape index (κ2) is 7.10. The summed E-state index contributed by atoms with van der Waals surface area (Å²) in [5, 5.41) is 12.2. The zero-order valence-corrected chi connectivity index (χ0v) is 11.6. The Labute approximate surface area is 116 Å². The van der Waals surface area contributed by atoms with Gasteiger partial charge in [0.05, 0.1) is 13.2 Å². The van der Waals surface area contributed by atoms with E-state index in [0.29, 0.717) is 19.7 Å². The Kier molecular flexibility index (Phi) is 5.17. The molecule has 0 aliphatic heterocycles. The van der Waals surface area contributed by atoms with Gasteiger partial charge in [0.25, 0.3) is 0 Å². The number of rotatable bonds is 7. The van der Waals surface area contributed by atoms with Crippen molar-refractivity contribution in [1.29, 1.82) is 0 Å². The topological polar surface area (TPSA) is 78.9 Å². The number of aryl methyl sites for hydroxylation is 1. The molecule has 0 aliphatic rings. The molecule has 2 N–H and O–H groups in total. The summed E-state index contributed by atoms with van der Waals surface area (Å²) in [6.45, 7) is 3.81. The van der Waals surface area contributed by atoms with Crippen molar-refractivity contribution < 1.29 is 4.74 Å². The van der Waals surface area contributed by atoms with Gasteiger partial charge in [0.2, 0.25) is 5.16 Å². The van der Waals surface area contributed by atoms with Crippen molar-refractivity contribution in [3.63, 3.8) is 0 Å². The number of benzene rings is 1. The molecule has 0 spiro atoms. The molecule has 2 rings (SSSR count). The van der Waals surface area contributed by atoms with Crippen LogP contribution in [0.3, 0.4) is 0 Å². The summed E-state index contributed by atoms with van der Waals surface area (Å²) in [7, 11) is 0. The van der Waals surface area contributed by atoms with Gasteiger partial charge >= 0.3 is 0 Å². The summed E-state index contributed by atoms with van der Waals surface area (Å²) in [5.74, 6) is 1.71. The molecule has 0 saturated heterocycles. The number of hydrogen-bond donors (Lipinski definition) is 1. The smallest absolute Gasteiger partial charge is 0.209 e. The second-order valence-electron chi connectivity index (χ2n) is 3.94. The molecule has 19 heavy (non-hydrogen) atoms. The van der Waals surface area contributed by atoms with Crippen molar-refractivity contribution in [3.05, 3.63) is 29.8 Å². The minimum atomic E-state index is 0.526. The summed E-state index contributed by atoms with van der Waals surface area (Å²) >= 11 is 1.57. The highest BCUT2D eigenvalue weighted by Gasteiger charge is 2.05. The third kappa shape index (κ3) is 3.93. The molecule has 1 aromatic carbocycles. The number of nitrogens with two attached hydrogens (primary N) is 1. The molecule has 1 aromatic heterocycles. The fraction of sp³-hybridized carbons (Fsp3) is 0.417. The third-order valence-corrected chi connectivity index (χ3v) is 3.43. The van der Waals surface area contributed by atoms with Crippen molar-refractivity contribution >= 4 is 11.8 Å². The minimum absolute atomic E-state index is 0.526. The molecule has 7 heteroatoms. The van der Waals surface area contributed by atoms with Gasteiger partial charge in [0.15, 0.2) is 0 Å². The van der Waals surface area contributed by atoms with E-state index in [4.69, 9.17) is 10.5 Å². The monoisotopic (exact) mass is 279 g/mol. The first-order valence-corrected chi connectivity index (χ1v) is 7.07. The summed E-state index contributed by atoms with van der Waals surface area (Å²) in [4.78, 5) is 0. The molecular formula is C12H17N5OS. The van der Waals surface area contributed by atoms with Crippen LogP contribution >= 0.6 is 11.8 Å². The average molecular weight is 279 g/mol. The van der Waals surface area contributed by atoms with E-state index in [1.807, 2.05) is 31.2 Å². The molecule has 0 atom stereocenters. The van der Waals surface area contributed by atoms with Crippen LogP contribution in [0.5, 0.6) is 5.75 Å². The van der Waals surface area contributed by atoms with E-state index >= 15 is 0 Å². The predicted octanol–water partition coefficient (Wildman–Crippen LogP) is 1.11. The normalized spacial score (nSPS) is 10.6. The number of para-hydroxylation sites is 1. The molecule has 0 amide bonds. The lowest BCUT2D eigenvalue weighted by molar-refractivity contribution is 0.341. The van der Waals surface area contributed by atoms with Gasteiger partial charge in [0, 0.05) is 12.3 Å². The quantitative estimate of drug-likeness (QED) is 0.604. The van der Waals surface area contributed by atoms with E-state index in [2.05, 4.69) is 15.5 Å². The van der Waals surface area contributed by atoms with Crippen molar-refractivity contribution in [2.45, 2.75) is 18.6 Å². The molecule has 0 aliphatic carbocycles. The Balaban J connectivity index is 1.78. The molecule has 0 bridgehead atoms. The van der Waals surface area contributed by atoms with Gasteiger partial charge < -0.3 is 10.5 Å². The minimum Gasteiger partial charge on any atom is -0.492 e. The summed E-state index contributed by atoms with van der Waals surface area (Å²) < 4.78 is 7.42. The highest BCUT2D eigenvalue weighted by Crippen LogP contribution is 2.18. The van der Waals surface area contributed by atoms with Crippen LogP contribution < -0.4 is 10.5 Å². The van der Waals surface area contributed by atoms with Crippen molar-refractivity contribution in [3.8, 4) is 5.75 Å². The van der Waals surface area contributed by atoms with Crippen molar-refractivity contribution in [2.75, 3.05) is 18.9 Å². The third-order valence-electron chi connectivity index (χ3n) is 2.51. The van der Waals surface area contributed by atoms with Crippen LogP contribution in [0.2, 0.25) is 0 Å². The zero-order chi connectivity index (χ0) is 13.5. The van der Waals surface area contributed by atoms with E-state index in [-0.39, 0.29) is 0 Å². The number of aromatic nitrogens is 4. The first-order chi connectivity index (χ1) is 9.31. The number of ether oxygens (including phenoxy) is 1. The molecule has 0 unspecified atom stereocenters. The highest BCUT2D eigenvalue weighted by molar-refractivity contribution is 7.99. The maximum Gasteiger partial charge on any atom is 0.209 e. The largest absolute Gasteiger partial charge is 0.492 e. The van der Waals surface area contributed by atoms with Crippen molar-refractivity contribution in [2.24, 2.45) is 5.73 Å². The van der Waals surface area contributed by atoms with E-state index < -0.39 is 0 Å². The van der Waals surface area contributed by atoms with E-state index in [1.54, 1.807) is 16.4 Å². The van der Waals surface area contributed by atoms with Crippen LogP contribution in [0.25, 0.3) is 0 Å². The fourth-order valence-electron chi connectivity index (χ4n) is 1.57. The molecule has 102 valence electrons. The maximum atomic E-state index is 5.71. The van der Waals surface area contributed by atoms with Crippen LogP contribution in [-0.2, 0) is 6.54 Å². The predicted molar refractivity (Wildman–Crippen MR) is 74.3 cm³/mol. The standard InChI is InChI=1S/C12H17N5OS/c1-10-4-2-3-5-11(10)18-8-9-19-12-14-15-16-17(12)7-6-13/h2-5H,6-9,13H2,1H3. The van der Waals surface area contributed by atoms with Gasteiger partial charge in [-0.3, -0.25) is 0 Å². The van der Waals surface area contributed by atoms with Crippen LogP contribution in [0, 0.1) is 6.92 Å². The van der Waals surface area contributed by atoms with Gasteiger partial charge in [-0.05, 0) is 29.0 Å². The first kappa shape index (κ1) is 13.8. The van der Waals surface area contributed by atoms with Gasteiger partial charge in [0.1, 0.15) is 5.75 Å². The van der Waals surface area contributed by atoms with E-state index in [0.717, 1.165) is 22.2 Å². The lowest BCUT2D eigenvalue weighted by Gasteiger charge is -2.08. The lowest BCUT2D eigenvalue weighted by Crippen LogP contribution is -2.12. The van der Waals surface area contributed by atoms with E-state index in [1.165, 1.54) is 0 Å². The van der Waals surface area contributed by atoms with Gasteiger partial charge in [-0.1, -0.05) is 30.0 Å². The fourth-order valence-corrected chi connectivity index (χ4v) is 2.29. The van der Waals surface area contributed by atoms with Gasteiger partial charge in [-0.15, -0.1) is 5.10 Å². The Morgan fingerprint density at radius 1 is 1.37 bits per heavy atom. The number of thioether (sulfide) groups is 1. The summed E-state index contributed by atoms with van der Waals surface area (Å²) in [5.41, 5.74) is 6.63. The lowest BCUT2D eigenvalue weighted by atomic mass is 10.2. The van der Waals surface area contributed by atoms with Crippen LogP contribution in [-0.4, -0.2) is 39.1 Å². The molecule has 1 heterocycles. The Hall–Kier alpha value is -1.60. The van der Waals surface area contributed by atoms with Gasteiger partial charge in [-0.25, -0.2) is 4.68 Å². The second-order valence-corrected chi connectivity index (χ2v) is 5.00. The number of hydrogen-bond acceptors (Lipinski definition) is 6. The first-order valence-electron chi connectivity index (χ1n) is 6.08. The number of nitrogens with zero attached hydrogens (tertiary/aromatic N) is 4. The molecule has 6 nitrogen and oxygen atoms in total. The Morgan fingerprint density at radius 2 is 2.21 bits per heavy atom. The van der Waals surface area contributed by atoms with Crippen molar-refractivity contribution in [1.82, 2.24) is 20.2 Å². The van der Waals surface area contributed by atoms with Crippen LogP contribution in [0.4, 0.5) is 0 Å². The zero-order valence-electron chi connectivity index (χ0n) is 10.8. The molecular weight excluding hydrogens is 262 g/mol. The maximum absolute atomic E-state index is 5.71. The Morgan fingerprint density at radius 3 is 3.00 bits per heavy atom. The summed E-state index contributed by atoms with van der Waals surface area (Å²) in [6, 6.07) is 7.97. The van der Waals surface area contributed by atoms with Crippen LogP contribution in [0.15, 0.2) is 29.4 Å². The molecule has 0 radical (unpaired) electrons.